The molecular weight excluding hydrogens is 322 g/mol. The van der Waals surface area contributed by atoms with Crippen molar-refractivity contribution in [3.8, 4) is 0 Å². The first-order valence-electron chi connectivity index (χ1n) is 8.78. The summed E-state index contributed by atoms with van der Waals surface area (Å²) < 4.78 is 6.52. The summed E-state index contributed by atoms with van der Waals surface area (Å²) in [6.07, 6.45) is 4.21. The minimum atomic E-state index is -0.537. The molecule has 1 N–H and O–H groups in total. The van der Waals surface area contributed by atoms with Gasteiger partial charge in [-0.1, -0.05) is 25.0 Å². The van der Waals surface area contributed by atoms with Crippen LogP contribution in [0.1, 0.15) is 32.1 Å². The zero-order valence-electron chi connectivity index (χ0n) is 14.2. The van der Waals surface area contributed by atoms with Crippen molar-refractivity contribution in [2.45, 2.75) is 38.6 Å². The molecule has 1 aliphatic heterocycles. The van der Waals surface area contributed by atoms with Crippen LogP contribution in [0.3, 0.4) is 0 Å². The maximum atomic E-state index is 12.7. The van der Waals surface area contributed by atoms with Crippen molar-refractivity contribution in [3.05, 3.63) is 34.8 Å². The van der Waals surface area contributed by atoms with Crippen LogP contribution in [0.2, 0.25) is 0 Å². The highest BCUT2D eigenvalue weighted by Gasteiger charge is 2.19. The van der Waals surface area contributed by atoms with Gasteiger partial charge < -0.3 is 14.6 Å². The Hall–Kier alpha value is -2.57. The third-order valence-electron chi connectivity index (χ3n) is 4.51. The number of rotatable bonds is 2. The van der Waals surface area contributed by atoms with E-state index in [-0.39, 0.29) is 24.8 Å². The van der Waals surface area contributed by atoms with Crippen LogP contribution in [0.5, 0.6) is 0 Å². The lowest BCUT2D eigenvalue weighted by atomic mass is 10.2. The average molecular weight is 345 g/mol. The number of hydrogen-bond donors (Lipinski definition) is 1. The first-order chi connectivity index (χ1) is 12.1. The molecule has 2 amide bonds. The van der Waals surface area contributed by atoms with Gasteiger partial charge in [-0.2, -0.15) is 0 Å². The van der Waals surface area contributed by atoms with Gasteiger partial charge in [-0.3, -0.25) is 14.2 Å². The molecule has 1 saturated heterocycles. The van der Waals surface area contributed by atoms with Gasteiger partial charge in [0.15, 0.2) is 5.58 Å². The number of fused-ring (bicyclic) bond motifs is 1. The Balaban J connectivity index is 1.74. The fourth-order valence-corrected chi connectivity index (χ4v) is 3.09. The van der Waals surface area contributed by atoms with E-state index in [0.717, 1.165) is 25.7 Å². The zero-order chi connectivity index (χ0) is 17.6. The summed E-state index contributed by atoms with van der Waals surface area (Å²) in [5.41, 5.74) is 1.08. The molecule has 0 unspecified atom stereocenters. The second-order valence-electron chi connectivity index (χ2n) is 6.32. The number of nitrogens with zero attached hydrogens (tertiary/aromatic N) is 2. The van der Waals surface area contributed by atoms with E-state index in [2.05, 4.69) is 5.32 Å². The van der Waals surface area contributed by atoms with Crippen molar-refractivity contribution in [2.75, 3.05) is 19.6 Å². The molecule has 1 aliphatic rings. The Morgan fingerprint density at radius 1 is 1.08 bits per heavy atom. The molecule has 0 radical (unpaired) electrons. The summed E-state index contributed by atoms with van der Waals surface area (Å²) in [5, 5.41) is 2.87. The van der Waals surface area contributed by atoms with Gasteiger partial charge in [0.1, 0.15) is 6.54 Å². The number of carbonyl (C=O) groups is 2. The van der Waals surface area contributed by atoms with E-state index in [4.69, 9.17) is 4.42 Å². The molecule has 0 spiro atoms. The highest BCUT2D eigenvalue weighted by atomic mass is 16.4. The standard InChI is InChI=1S/C18H23N3O4/c22-16-9-12-20(11-6-2-1-5-10-19-16)17(23)13-21-14-7-3-4-8-15(14)25-18(21)24/h3-4,7-8H,1-2,5-6,9-13H2,(H,19,22). The fourth-order valence-electron chi connectivity index (χ4n) is 3.09. The highest BCUT2D eigenvalue weighted by Crippen LogP contribution is 2.12. The van der Waals surface area contributed by atoms with Gasteiger partial charge >= 0.3 is 5.76 Å². The number of carbonyl (C=O) groups excluding carboxylic acids is 2. The van der Waals surface area contributed by atoms with Gasteiger partial charge in [0.2, 0.25) is 11.8 Å². The number of benzene rings is 1. The minimum absolute atomic E-state index is 0.0365. The average Bonchev–Trinajstić information content (AvgIpc) is 2.89. The van der Waals surface area contributed by atoms with Gasteiger partial charge in [0.25, 0.3) is 0 Å². The predicted octanol–water partition coefficient (Wildman–Crippen LogP) is 1.50. The monoisotopic (exact) mass is 345 g/mol. The first kappa shape index (κ1) is 17.3. The first-order valence-corrected chi connectivity index (χ1v) is 8.78. The number of oxazole rings is 1. The maximum Gasteiger partial charge on any atom is 0.420 e. The van der Waals surface area contributed by atoms with E-state index in [1.807, 2.05) is 0 Å². The Bertz CT molecular complexity index is 808. The van der Waals surface area contributed by atoms with Crippen LogP contribution < -0.4 is 11.1 Å². The van der Waals surface area contributed by atoms with Crippen LogP contribution in [-0.2, 0) is 16.1 Å². The van der Waals surface area contributed by atoms with E-state index in [1.165, 1.54) is 4.57 Å². The SMILES string of the molecule is O=C1CCN(C(=O)Cn2c(=O)oc3ccccc32)CCCCCCN1. The zero-order valence-corrected chi connectivity index (χ0v) is 14.2. The topological polar surface area (TPSA) is 84.6 Å². The summed E-state index contributed by atoms with van der Waals surface area (Å²) in [5.74, 6) is -0.739. The van der Waals surface area contributed by atoms with Crippen LogP contribution >= 0.6 is 0 Å². The Kier molecular flexibility index (Phi) is 5.53. The molecule has 0 atom stereocenters. The Labute approximate surface area is 145 Å². The third kappa shape index (κ3) is 4.29. The molecule has 25 heavy (non-hydrogen) atoms. The van der Waals surface area contributed by atoms with E-state index >= 15 is 0 Å². The molecule has 134 valence electrons. The summed E-state index contributed by atoms with van der Waals surface area (Å²) >= 11 is 0. The third-order valence-corrected chi connectivity index (χ3v) is 4.51. The van der Waals surface area contributed by atoms with Crippen molar-refractivity contribution in [3.63, 3.8) is 0 Å². The van der Waals surface area contributed by atoms with E-state index < -0.39 is 5.76 Å². The Morgan fingerprint density at radius 2 is 1.88 bits per heavy atom. The van der Waals surface area contributed by atoms with Crippen LogP contribution in [0, 0.1) is 0 Å². The predicted molar refractivity (Wildman–Crippen MR) is 93.1 cm³/mol. The molecule has 2 heterocycles. The molecule has 1 aromatic heterocycles. The quantitative estimate of drug-likeness (QED) is 0.894. The number of amides is 2. The molecule has 7 nitrogen and oxygen atoms in total. The molecular formula is C18H23N3O4. The minimum Gasteiger partial charge on any atom is -0.408 e. The van der Waals surface area contributed by atoms with Crippen molar-refractivity contribution < 1.29 is 14.0 Å². The van der Waals surface area contributed by atoms with E-state index in [1.54, 1.807) is 29.2 Å². The summed E-state index contributed by atoms with van der Waals surface area (Å²) in [6, 6.07) is 7.04. The number of para-hydroxylation sites is 2. The van der Waals surface area contributed by atoms with Gasteiger partial charge in [0.05, 0.1) is 5.52 Å². The van der Waals surface area contributed by atoms with E-state index in [9.17, 15) is 14.4 Å². The second-order valence-corrected chi connectivity index (χ2v) is 6.32. The van der Waals surface area contributed by atoms with Crippen LogP contribution in [-0.4, -0.2) is 40.9 Å². The molecule has 2 aromatic rings. The lowest BCUT2D eigenvalue weighted by Gasteiger charge is -2.22. The van der Waals surface area contributed by atoms with Crippen LogP contribution in [0.25, 0.3) is 11.1 Å². The molecule has 0 bridgehead atoms. The maximum absolute atomic E-state index is 12.7. The normalized spacial score (nSPS) is 17.1. The molecule has 7 heteroatoms. The van der Waals surface area contributed by atoms with Crippen LogP contribution in [0.4, 0.5) is 0 Å². The molecule has 0 saturated carbocycles. The lowest BCUT2D eigenvalue weighted by molar-refractivity contribution is -0.132. The van der Waals surface area contributed by atoms with Crippen LogP contribution in [0.15, 0.2) is 33.5 Å². The highest BCUT2D eigenvalue weighted by molar-refractivity contribution is 5.81. The van der Waals surface area contributed by atoms with Crippen molar-refractivity contribution in [1.82, 2.24) is 14.8 Å². The van der Waals surface area contributed by atoms with Gasteiger partial charge in [-0.05, 0) is 25.0 Å². The summed E-state index contributed by atoms with van der Waals surface area (Å²) in [7, 11) is 0. The summed E-state index contributed by atoms with van der Waals surface area (Å²) in [6.45, 7) is 1.60. The fraction of sp³-hybridized carbons (Fsp3) is 0.500. The van der Waals surface area contributed by atoms with Crippen molar-refractivity contribution in [1.29, 1.82) is 0 Å². The molecule has 1 fully saturated rings. The smallest absolute Gasteiger partial charge is 0.408 e. The number of hydrogen-bond acceptors (Lipinski definition) is 4. The molecule has 0 aliphatic carbocycles. The van der Waals surface area contributed by atoms with Gasteiger partial charge in [-0.15, -0.1) is 0 Å². The second kappa shape index (κ2) is 8.00. The van der Waals surface area contributed by atoms with Crippen molar-refractivity contribution in [2.24, 2.45) is 0 Å². The van der Waals surface area contributed by atoms with Gasteiger partial charge in [-0.25, -0.2) is 4.79 Å². The van der Waals surface area contributed by atoms with Gasteiger partial charge in [0, 0.05) is 26.1 Å². The molecule has 1 aromatic carbocycles. The van der Waals surface area contributed by atoms with Crippen molar-refractivity contribution >= 4 is 22.9 Å². The summed E-state index contributed by atoms with van der Waals surface area (Å²) in [4.78, 5) is 38.2. The number of aromatic nitrogens is 1. The largest absolute Gasteiger partial charge is 0.420 e. The lowest BCUT2D eigenvalue weighted by Crippen LogP contribution is -2.38. The number of nitrogens with one attached hydrogen (secondary N) is 1. The van der Waals surface area contributed by atoms with E-state index in [0.29, 0.717) is 30.7 Å². The Morgan fingerprint density at radius 3 is 2.76 bits per heavy atom. The molecule has 3 rings (SSSR count).